The van der Waals surface area contributed by atoms with E-state index in [0.29, 0.717) is 0 Å². The van der Waals surface area contributed by atoms with E-state index in [-0.39, 0.29) is 11.9 Å². The van der Waals surface area contributed by atoms with Gasteiger partial charge in [-0.25, -0.2) is 0 Å². The molecule has 88 valence electrons. The lowest BCUT2D eigenvalue weighted by atomic mass is 10.0. The lowest BCUT2D eigenvalue weighted by molar-refractivity contribution is -0.121. The predicted octanol–water partition coefficient (Wildman–Crippen LogP) is 3.11. The van der Waals surface area contributed by atoms with Gasteiger partial charge in [-0.15, -0.1) is 11.6 Å². The molecule has 0 heterocycles. The number of carbonyl (C=O) groups excluding carboxylic acids is 1. The highest BCUT2D eigenvalue weighted by molar-refractivity contribution is 6.30. The molecule has 1 aromatic rings. The SMILES string of the molecule is Cc1cccc(C(Cl)C(=O)NC(C)C)c1C. The number of aryl methyl sites for hydroxylation is 1. The lowest BCUT2D eigenvalue weighted by Gasteiger charge is -2.16. The summed E-state index contributed by atoms with van der Waals surface area (Å²) in [5.41, 5.74) is 3.13. The van der Waals surface area contributed by atoms with E-state index >= 15 is 0 Å². The Morgan fingerprint density at radius 1 is 1.31 bits per heavy atom. The molecule has 1 amide bonds. The fourth-order valence-corrected chi connectivity index (χ4v) is 1.85. The fraction of sp³-hybridized carbons (Fsp3) is 0.462. The minimum atomic E-state index is -0.609. The van der Waals surface area contributed by atoms with Crippen LogP contribution in [0.2, 0.25) is 0 Å². The van der Waals surface area contributed by atoms with Crippen LogP contribution in [0.4, 0.5) is 0 Å². The van der Waals surface area contributed by atoms with Crippen molar-refractivity contribution in [1.29, 1.82) is 0 Å². The third-order valence-corrected chi connectivity index (χ3v) is 3.01. The summed E-state index contributed by atoms with van der Waals surface area (Å²) in [5, 5.41) is 2.21. The van der Waals surface area contributed by atoms with Gasteiger partial charge in [0.15, 0.2) is 0 Å². The van der Waals surface area contributed by atoms with Gasteiger partial charge in [0.25, 0.3) is 0 Å². The van der Waals surface area contributed by atoms with Crippen LogP contribution >= 0.6 is 11.6 Å². The first-order chi connectivity index (χ1) is 7.43. The molecule has 16 heavy (non-hydrogen) atoms. The van der Waals surface area contributed by atoms with Crippen molar-refractivity contribution in [3.63, 3.8) is 0 Å². The molecule has 0 aromatic heterocycles. The average molecular weight is 240 g/mol. The van der Waals surface area contributed by atoms with Crippen molar-refractivity contribution in [3.05, 3.63) is 34.9 Å². The van der Waals surface area contributed by atoms with Gasteiger partial charge in [-0.05, 0) is 44.4 Å². The molecule has 0 radical (unpaired) electrons. The molecule has 0 bridgehead atoms. The second kappa shape index (κ2) is 5.35. The number of hydrogen-bond acceptors (Lipinski definition) is 1. The Labute approximate surface area is 102 Å². The molecule has 1 unspecified atom stereocenters. The van der Waals surface area contributed by atoms with Crippen LogP contribution in [0.1, 0.15) is 35.9 Å². The highest BCUT2D eigenvalue weighted by Gasteiger charge is 2.20. The standard InChI is InChI=1S/C13H18ClNO/c1-8(2)15-13(16)12(14)11-7-5-6-9(3)10(11)4/h5-8,12H,1-4H3,(H,15,16). The molecule has 0 spiro atoms. The van der Waals surface area contributed by atoms with Gasteiger partial charge in [-0.2, -0.15) is 0 Å². The fourth-order valence-electron chi connectivity index (χ4n) is 1.55. The van der Waals surface area contributed by atoms with Crippen LogP contribution in [0.5, 0.6) is 0 Å². The number of nitrogens with one attached hydrogen (secondary N) is 1. The van der Waals surface area contributed by atoms with E-state index in [1.165, 1.54) is 0 Å². The summed E-state index contributed by atoms with van der Waals surface area (Å²) in [7, 11) is 0. The zero-order chi connectivity index (χ0) is 12.3. The minimum Gasteiger partial charge on any atom is -0.352 e. The van der Waals surface area contributed by atoms with Crippen LogP contribution in [0.25, 0.3) is 0 Å². The molecule has 0 saturated carbocycles. The number of hydrogen-bond donors (Lipinski definition) is 1. The van der Waals surface area contributed by atoms with Crippen LogP contribution in [-0.4, -0.2) is 11.9 Å². The summed E-state index contributed by atoms with van der Waals surface area (Å²) in [6.45, 7) is 7.85. The summed E-state index contributed by atoms with van der Waals surface area (Å²) < 4.78 is 0. The Hall–Kier alpha value is -1.02. The molecule has 0 aliphatic heterocycles. The maximum absolute atomic E-state index is 11.8. The van der Waals surface area contributed by atoms with Crippen LogP contribution in [0.3, 0.4) is 0 Å². The van der Waals surface area contributed by atoms with E-state index in [0.717, 1.165) is 16.7 Å². The van der Waals surface area contributed by atoms with Crippen molar-refractivity contribution >= 4 is 17.5 Å². The molecular formula is C13H18ClNO. The molecule has 2 nitrogen and oxygen atoms in total. The Morgan fingerprint density at radius 3 is 2.50 bits per heavy atom. The normalized spacial score (nSPS) is 12.6. The van der Waals surface area contributed by atoms with Crippen LogP contribution < -0.4 is 5.32 Å². The van der Waals surface area contributed by atoms with E-state index in [2.05, 4.69) is 5.32 Å². The van der Waals surface area contributed by atoms with Gasteiger partial charge in [0.05, 0.1) is 0 Å². The van der Waals surface area contributed by atoms with Gasteiger partial charge in [0.2, 0.25) is 5.91 Å². The van der Waals surface area contributed by atoms with E-state index in [9.17, 15) is 4.79 Å². The zero-order valence-corrected chi connectivity index (χ0v) is 10.9. The third-order valence-electron chi connectivity index (χ3n) is 2.58. The predicted molar refractivity (Wildman–Crippen MR) is 67.8 cm³/mol. The monoisotopic (exact) mass is 239 g/mol. The Bertz CT molecular complexity index is 388. The molecule has 1 atom stereocenters. The highest BCUT2D eigenvalue weighted by atomic mass is 35.5. The van der Waals surface area contributed by atoms with E-state index in [1.54, 1.807) is 0 Å². The second-order valence-corrected chi connectivity index (χ2v) is 4.75. The first kappa shape index (κ1) is 13.0. The smallest absolute Gasteiger partial charge is 0.242 e. The van der Waals surface area contributed by atoms with Gasteiger partial charge in [-0.1, -0.05) is 18.2 Å². The molecule has 1 rings (SSSR count). The number of rotatable bonds is 3. The lowest BCUT2D eigenvalue weighted by Crippen LogP contribution is -2.33. The van der Waals surface area contributed by atoms with Gasteiger partial charge in [0.1, 0.15) is 5.38 Å². The van der Waals surface area contributed by atoms with E-state index in [1.807, 2.05) is 45.9 Å². The molecular weight excluding hydrogens is 222 g/mol. The topological polar surface area (TPSA) is 29.1 Å². The van der Waals surface area contributed by atoms with Gasteiger partial charge >= 0.3 is 0 Å². The second-order valence-electron chi connectivity index (χ2n) is 4.31. The summed E-state index contributed by atoms with van der Waals surface area (Å²) in [5.74, 6) is -0.134. The Balaban J connectivity index is 2.92. The zero-order valence-electron chi connectivity index (χ0n) is 10.2. The maximum atomic E-state index is 11.8. The van der Waals surface area contributed by atoms with Crippen molar-refractivity contribution in [1.82, 2.24) is 5.32 Å². The third kappa shape index (κ3) is 2.99. The van der Waals surface area contributed by atoms with Crippen LogP contribution in [0.15, 0.2) is 18.2 Å². The number of alkyl halides is 1. The molecule has 0 aliphatic rings. The largest absolute Gasteiger partial charge is 0.352 e. The molecule has 1 aromatic carbocycles. The van der Waals surface area contributed by atoms with Crippen molar-refractivity contribution in [2.45, 2.75) is 39.1 Å². The quantitative estimate of drug-likeness (QED) is 0.807. The van der Waals surface area contributed by atoms with Crippen molar-refractivity contribution in [2.24, 2.45) is 0 Å². The van der Waals surface area contributed by atoms with E-state index in [4.69, 9.17) is 11.6 Å². The molecule has 3 heteroatoms. The molecule has 1 N–H and O–H groups in total. The number of amides is 1. The van der Waals surface area contributed by atoms with E-state index < -0.39 is 5.38 Å². The average Bonchev–Trinajstić information content (AvgIpc) is 2.20. The maximum Gasteiger partial charge on any atom is 0.242 e. The van der Waals surface area contributed by atoms with Gasteiger partial charge in [0, 0.05) is 6.04 Å². The Kier molecular flexibility index (Phi) is 4.36. The summed E-state index contributed by atoms with van der Waals surface area (Å²) >= 11 is 6.17. The first-order valence-corrected chi connectivity index (χ1v) is 5.87. The van der Waals surface area contributed by atoms with Crippen LogP contribution in [-0.2, 0) is 4.79 Å². The van der Waals surface area contributed by atoms with Crippen molar-refractivity contribution in [3.8, 4) is 0 Å². The number of carbonyl (C=O) groups is 1. The van der Waals surface area contributed by atoms with Gasteiger partial charge in [-0.3, -0.25) is 4.79 Å². The Morgan fingerprint density at radius 2 is 1.94 bits per heavy atom. The number of benzene rings is 1. The molecule has 0 aliphatic carbocycles. The first-order valence-electron chi connectivity index (χ1n) is 5.44. The summed E-state index contributed by atoms with van der Waals surface area (Å²) in [6, 6.07) is 5.96. The highest BCUT2D eigenvalue weighted by Crippen LogP contribution is 2.25. The molecule has 0 saturated heterocycles. The molecule has 0 fully saturated rings. The number of halogens is 1. The van der Waals surface area contributed by atoms with Crippen LogP contribution in [0, 0.1) is 13.8 Å². The summed E-state index contributed by atoms with van der Waals surface area (Å²) in [4.78, 5) is 11.8. The minimum absolute atomic E-state index is 0.110. The van der Waals surface area contributed by atoms with Gasteiger partial charge < -0.3 is 5.32 Å². The van der Waals surface area contributed by atoms with Crippen molar-refractivity contribution < 1.29 is 4.79 Å². The summed E-state index contributed by atoms with van der Waals surface area (Å²) in [6.07, 6.45) is 0. The van der Waals surface area contributed by atoms with Crippen molar-refractivity contribution in [2.75, 3.05) is 0 Å².